The van der Waals surface area contributed by atoms with Crippen molar-refractivity contribution in [2.75, 3.05) is 12.0 Å². The highest BCUT2D eigenvalue weighted by Crippen LogP contribution is 2.42. The molecule has 0 radical (unpaired) electrons. The van der Waals surface area contributed by atoms with Gasteiger partial charge in [0.05, 0.1) is 24.4 Å². The number of carbonyl (C=O) groups is 1. The number of anilines is 1. The zero-order chi connectivity index (χ0) is 23.7. The number of rotatable bonds is 5. The van der Waals surface area contributed by atoms with E-state index in [-0.39, 0.29) is 17.9 Å². The monoisotopic (exact) mass is 473 g/mol. The van der Waals surface area contributed by atoms with E-state index < -0.39 is 5.97 Å². The number of furan rings is 1. The molecule has 1 saturated heterocycles. The predicted molar refractivity (Wildman–Crippen MR) is 130 cm³/mol. The number of aromatic nitrogens is 1. The molecular weight excluding hydrogens is 453 g/mol. The van der Waals surface area contributed by atoms with Crippen LogP contribution in [0.25, 0.3) is 11.3 Å². The number of benzene rings is 2. The molecule has 0 aliphatic carbocycles. The van der Waals surface area contributed by atoms with Crippen LogP contribution in [0.5, 0.6) is 0 Å². The van der Waals surface area contributed by atoms with E-state index in [0.717, 1.165) is 16.9 Å². The van der Waals surface area contributed by atoms with E-state index in [1.165, 1.54) is 19.2 Å². The largest absolute Gasteiger partial charge is 0.465 e. The fraction of sp³-hybridized carbons (Fsp3) is 0.115. The number of pyridine rings is 1. The highest BCUT2D eigenvalue weighted by atomic mass is 32.1. The van der Waals surface area contributed by atoms with Crippen LogP contribution in [0.3, 0.4) is 0 Å². The fourth-order valence-electron chi connectivity index (χ4n) is 4.08. The Kier molecular flexibility index (Phi) is 5.81. The first-order valence-electron chi connectivity index (χ1n) is 10.6. The lowest BCUT2D eigenvalue weighted by Gasteiger charge is -2.26. The van der Waals surface area contributed by atoms with Gasteiger partial charge in [-0.2, -0.15) is 0 Å². The number of thiocarbonyl (C=S) groups is 1. The van der Waals surface area contributed by atoms with Crippen LogP contribution in [0.1, 0.15) is 33.9 Å². The van der Waals surface area contributed by atoms with Crippen molar-refractivity contribution in [1.29, 1.82) is 0 Å². The number of halogens is 1. The zero-order valence-electron chi connectivity index (χ0n) is 18.1. The van der Waals surface area contributed by atoms with Gasteiger partial charge >= 0.3 is 5.97 Å². The van der Waals surface area contributed by atoms with E-state index in [4.69, 9.17) is 21.4 Å². The van der Waals surface area contributed by atoms with E-state index in [1.54, 1.807) is 42.6 Å². The number of ether oxygens (including phenoxy) is 1. The van der Waals surface area contributed by atoms with Crippen molar-refractivity contribution in [3.8, 4) is 11.3 Å². The first-order valence-corrected chi connectivity index (χ1v) is 11.0. The summed E-state index contributed by atoms with van der Waals surface area (Å²) in [6.45, 7) is 0. The number of esters is 1. The third kappa shape index (κ3) is 4.04. The number of methoxy groups -OCH3 is 1. The summed E-state index contributed by atoms with van der Waals surface area (Å²) in [6, 6.07) is 22.0. The van der Waals surface area contributed by atoms with Gasteiger partial charge < -0.3 is 19.4 Å². The van der Waals surface area contributed by atoms with Crippen molar-refractivity contribution in [2.24, 2.45) is 0 Å². The van der Waals surface area contributed by atoms with Gasteiger partial charge in [-0.15, -0.1) is 0 Å². The molecule has 0 unspecified atom stereocenters. The summed E-state index contributed by atoms with van der Waals surface area (Å²) >= 11 is 5.67. The van der Waals surface area contributed by atoms with Gasteiger partial charge in [-0.3, -0.25) is 4.98 Å². The molecule has 1 aliphatic rings. The zero-order valence-corrected chi connectivity index (χ0v) is 19.0. The number of hydrogen-bond donors (Lipinski definition) is 1. The average molecular weight is 474 g/mol. The highest BCUT2D eigenvalue weighted by Gasteiger charge is 2.42. The van der Waals surface area contributed by atoms with E-state index in [0.29, 0.717) is 22.2 Å². The average Bonchev–Trinajstić information content (AvgIpc) is 3.49. The Morgan fingerprint density at radius 2 is 1.82 bits per heavy atom. The molecule has 1 N–H and O–H groups in total. The van der Waals surface area contributed by atoms with Gasteiger partial charge in [-0.1, -0.05) is 18.2 Å². The van der Waals surface area contributed by atoms with Crippen LogP contribution >= 0.6 is 12.2 Å². The summed E-state index contributed by atoms with van der Waals surface area (Å²) in [7, 11) is 1.35. The number of nitrogens with zero attached hydrogens (tertiary/aromatic N) is 2. The molecule has 5 rings (SSSR count). The predicted octanol–water partition coefficient (Wildman–Crippen LogP) is 5.44. The first kappa shape index (κ1) is 21.8. The van der Waals surface area contributed by atoms with Crippen LogP contribution in [0.2, 0.25) is 0 Å². The molecule has 0 spiro atoms. The van der Waals surface area contributed by atoms with Crippen LogP contribution < -0.4 is 10.2 Å². The maximum Gasteiger partial charge on any atom is 0.337 e. The van der Waals surface area contributed by atoms with Crippen molar-refractivity contribution < 1.29 is 18.3 Å². The summed E-state index contributed by atoms with van der Waals surface area (Å²) in [5.41, 5.74) is 2.82. The summed E-state index contributed by atoms with van der Waals surface area (Å²) in [5.74, 6) is 0.586. The quantitative estimate of drug-likeness (QED) is 0.306. The molecule has 6 nitrogen and oxygen atoms in total. The van der Waals surface area contributed by atoms with Crippen LogP contribution in [-0.4, -0.2) is 23.2 Å². The normalized spacial score (nSPS) is 17.5. The summed E-state index contributed by atoms with van der Waals surface area (Å²) in [5, 5.41) is 3.84. The van der Waals surface area contributed by atoms with Crippen molar-refractivity contribution in [1.82, 2.24) is 10.3 Å². The third-order valence-corrected chi connectivity index (χ3v) is 6.03. The summed E-state index contributed by atoms with van der Waals surface area (Å²) in [6.07, 6.45) is 1.73. The van der Waals surface area contributed by atoms with Crippen molar-refractivity contribution in [3.63, 3.8) is 0 Å². The molecule has 2 atom stereocenters. The van der Waals surface area contributed by atoms with Gasteiger partial charge in [0.1, 0.15) is 23.4 Å². The lowest BCUT2D eigenvalue weighted by Crippen LogP contribution is -2.29. The summed E-state index contributed by atoms with van der Waals surface area (Å²) in [4.78, 5) is 18.2. The molecule has 2 aromatic heterocycles. The van der Waals surface area contributed by atoms with E-state index >= 15 is 0 Å². The first-order chi connectivity index (χ1) is 16.5. The Balaban J connectivity index is 1.54. The van der Waals surface area contributed by atoms with Crippen molar-refractivity contribution >= 4 is 29.0 Å². The molecular formula is C26H20FN3O3S. The molecule has 3 heterocycles. The Morgan fingerprint density at radius 3 is 2.50 bits per heavy atom. The SMILES string of the molecule is COC(=O)c1ccc(-c2ccc([C@@H]3[C@H](c4ccccn4)NC(=S)N3c3ccc(F)cc3)o2)cc1. The molecule has 8 heteroatoms. The van der Waals surface area contributed by atoms with Gasteiger partial charge in [-0.25, -0.2) is 9.18 Å². The van der Waals surface area contributed by atoms with Crippen LogP contribution in [0.4, 0.5) is 10.1 Å². The van der Waals surface area contributed by atoms with Crippen molar-refractivity contribution in [2.45, 2.75) is 12.1 Å². The Hall–Kier alpha value is -4.04. The number of nitrogens with one attached hydrogen (secondary N) is 1. The molecule has 4 aromatic rings. The maximum atomic E-state index is 13.6. The minimum atomic E-state index is -0.398. The van der Waals surface area contributed by atoms with Gasteiger partial charge in [0, 0.05) is 17.4 Å². The number of carbonyl (C=O) groups excluding carboxylic acids is 1. The second-order valence-electron chi connectivity index (χ2n) is 7.74. The minimum absolute atomic E-state index is 0.278. The van der Waals surface area contributed by atoms with E-state index in [9.17, 15) is 9.18 Å². The highest BCUT2D eigenvalue weighted by molar-refractivity contribution is 7.80. The van der Waals surface area contributed by atoms with Crippen LogP contribution in [-0.2, 0) is 4.74 Å². The number of hydrogen-bond acceptors (Lipinski definition) is 5. The fourth-order valence-corrected chi connectivity index (χ4v) is 4.42. The lowest BCUT2D eigenvalue weighted by atomic mass is 10.0. The molecule has 0 amide bonds. The molecule has 0 saturated carbocycles. The molecule has 1 aliphatic heterocycles. The summed E-state index contributed by atoms with van der Waals surface area (Å²) < 4.78 is 24.7. The Bertz CT molecular complexity index is 1320. The lowest BCUT2D eigenvalue weighted by molar-refractivity contribution is 0.0600. The molecule has 2 aromatic carbocycles. The molecule has 0 bridgehead atoms. The minimum Gasteiger partial charge on any atom is -0.465 e. The van der Waals surface area contributed by atoms with Gasteiger partial charge in [0.15, 0.2) is 5.11 Å². The van der Waals surface area contributed by atoms with Crippen molar-refractivity contribution in [3.05, 3.63) is 108 Å². The van der Waals surface area contributed by atoms with E-state index in [1.807, 2.05) is 35.2 Å². The molecule has 170 valence electrons. The van der Waals surface area contributed by atoms with Gasteiger partial charge in [0.25, 0.3) is 0 Å². The van der Waals surface area contributed by atoms with E-state index in [2.05, 4.69) is 10.3 Å². The smallest absolute Gasteiger partial charge is 0.337 e. The van der Waals surface area contributed by atoms with Gasteiger partial charge in [-0.05, 0) is 72.9 Å². The third-order valence-electron chi connectivity index (χ3n) is 5.71. The second kappa shape index (κ2) is 9.07. The second-order valence-corrected chi connectivity index (χ2v) is 8.13. The standard InChI is InChI=1S/C26H20FN3O3S/c1-32-25(31)17-7-5-16(6-8-17)21-13-14-22(33-21)24-23(20-4-2-3-15-28-20)29-26(34)30(24)19-11-9-18(27)10-12-19/h2-15,23-24H,1H3,(H,29,34)/t23-,24+/m0/s1. The topological polar surface area (TPSA) is 67.6 Å². The molecule has 1 fully saturated rings. The molecule has 34 heavy (non-hydrogen) atoms. The Morgan fingerprint density at radius 1 is 1.06 bits per heavy atom. The maximum absolute atomic E-state index is 13.6. The van der Waals surface area contributed by atoms with Crippen LogP contribution in [0, 0.1) is 5.82 Å². The van der Waals surface area contributed by atoms with Gasteiger partial charge in [0.2, 0.25) is 0 Å². The van der Waals surface area contributed by atoms with Crippen LogP contribution in [0.15, 0.2) is 89.5 Å². The Labute approximate surface area is 201 Å².